The summed E-state index contributed by atoms with van der Waals surface area (Å²) in [6.45, 7) is 5.99. The highest BCUT2D eigenvalue weighted by molar-refractivity contribution is 5.94. The number of anilines is 1. The predicted molar refractivity (Wildman–Crippen MR) is 80.5 cm³/mol. The summed E-state index contributed by atoms with van der Waals surface area (Å²) in [5.41, 5.74) is 7.10. The highest BCUT2D eigenvalue weighted by Gasteiger charge is 2.33. The van der Waals surface area contributed by atoms with Gasteiger partial charge < -0.3 is 10.6 Å². The fourth-order valence-corrected chi connectivity index (χ4v) is 3.02. The van der Waals surface area contributed by atoms with E-state index in [4.69, 9.17) is 5.73 Å². The zero-order valence-electron chi connectivity index (χ0n) is 12.1. The third-order valence-electron chi connectivity index (χ3n) is 4.64. The van der Waals surface area contributed by atoms with Crippen molar-refractivity contribution in [2.45, 2.75) is 25.8 Å². The lowest BCUT2D eigenvalue weighted by molar-refractivity contribution is 0.0564. The molecule has 1 aromatic carbocycles. The SMILES string of the molecule is CC(C1CC1)N1CCN(C(=O)c2ccc(N)cc2)CC1. The molecule has 2 aliphatic rings. The first-order chi connectivity index (χ1) is 9.65. The van der Waals surface area contributed by atoms with Crippen molar-refractivity contribution in [3.05, 3.63) is 29.8 Å². The van der Waals surface area contributed by atoms with Crippen molar-refractivity contribution in [1.29, 1.82) is 0 Å². The molecule has 1 aliphatic carbocycles. The molecule has 0 bridgehead atoms. The number of hydrogen-bond acceptors (Lipinski definition) is 3. The quantitative estimate of drug-likeness (QED) is 0.855. The molecule has 20 heavy (non-hydrogen) atoms. The third kappa shape index (κ3) is 2.80. The number of carbonyl (C=O) groups excluding carboxylic acids is 1. The van der Waals surface area contributed by atoms with Crippen LogP contribution in [0.2, 0.25) is 0 Å². The van der Waals surface area contributed by atoms with Crippen LogP contribution in [0.3, 0.4) is 0 Å². The van der Waals surface area contributed by atoms with Crippen LogP contribution in [0.1, 0.15) is 30.1 Å². The summed E-state index contributed by atoms with van der Waals surface area (Å²) in [7, 11) is 0. The topological polar surface area (TPSA) is 49.6 Å². The Bertz CT molecular complexity index is 473. The first-order valence-electron chi connectivity index (χ1n) is 7.54. The molecule has 0 radical (unpaired) electrons. The number of rotatable bonds is 3. The zero-order chi connectivity index (χ0) is 14.1. The Morgan fingerprint density at radius 3 is 2.30 bits per heavy atom. The van der Waals surface area contributed by atoms with Gasteiger partial charge in [0.05, 0.1) is 0 Å². The number of hydrogen-bond donors (Lipinski definition) is 1. The third-order valence-corrected chi connectivity index (χ3v) is 4.64. The van der Waals surface area contributed by atoms with Crippen LogP contribution in [-0.4, -0.2) is 47.9 Å². The van der Waals surface area contributed by atoms with Gasteiger partial charge in [-0.25, -0.2) is 0 Å². The molecular weight excluding hydrogens is 250 g/mol. The fraction of sp³-hybridized carbons (Fsp3) is 0.562. The lowest BCUT2D eigenvalue weighted by Crippen LogP contribution is -2.51. The Morgan fingerprint density at radius 1 is 1.15 bits per heavy atom. The first kappa shape index (κ1) is 13.4. The number of benzene rings is 1. The lowest BCUT2D eigenvalue weighted by Gasteiger charge is -2.38. The standard InChI is InChI=1S/C16H23N3O/c1-12(13-2-3-13)18-8-10-19(11-9-18)16(20)14-4-6-15(17)7-5-14/h4-7,12-13H,2-3,8-11,17H2,1H3. The minimum absolute atomic E-state index is 0.128. The number of amides is 1. The predicted octanol–water partition coefficient (Wildman–Crippen LogP) is 1.83. The largest absolute Gasteiger partial charge is 0.399 e. The van der Waals surface area contributed by atoms with E-state index in [0.29, 0.717) is 11.7 Å². The molecule has 4 nitrogen and oxygen atoms in total. The van der Waals surface area contributed by atoms with Gasteiger partial charge in [0.25, 0.3) is 5.91 Å². The minimum Gasteiger partial charge on any atom is -0.399 e. The van der Waals surface area contributed by atoms with Crippen LogP contribution in [0.5, 0.6) is 0 Å². The Balaban J connectivity index is 1.57. The normalized spacial score (nSPS) is 21.8. The summed E-state index contributed by atoms with van der Waals surface area (Å²) in [4.78, 5) is 16.9. The summed E-state index contributed by atoms with van der Waals surface area (Å²) < 4.78 is 0. The van der Waals surface area contributed by atoms with Gasteiger partial charge in [-0.2, -0.15) is 0 Å². The van der Waals surface area contributed by atoms with E-state index >= 15 is 0 Å². The molecule has 1 unspecified atom stereocenters. The fourth-order valence-electron chi connectivity index (χ4n) is 3.02. The molecule has 1 heterocycles. The molecule has 4 heteroatoms. The molecular formula is C16H23N3O. The number of piperazine rings is 1. The highest BCUT2D eigenvalue weighted by Crippen LogP contribution is 2.35. The van der Waals surface area contributed by atoms with Crippen LogP contribution >= 0.6 is 0 Å². The molecule has 1 saturated heterocycles. The van der Waals surface area contributed by atoms with Gasteiger partial charge in [0.2, 0.25) is 0 Å². The molecule has 1 amide bonds. The van der Waals surface area contributed by atoms with E-state index in [1.165, 1.54) is 12.8 Å². The van der Waals surface area contributed by atoms with Crippen LogP contribution in [0, 0.1) is 5.92 Å². The van der Waals surface area contributed by atoms with E-state index in [-0.39, 0.29) is 5.91 Å². The Kier molecular flexibility index (Phi) is 3.66. The van der Waals surface area contributed by atoms with Crippen molar-refractivity contribution < 1.29 is 4.79 Å². The van der Waals surface area contributed by atoms with Crippen LogP contribution in [-0.2, 0) is 0 Å². The number of nitrogen functional groups attached to an aromatic ring is 1. The van der Waals surface area contributed by atoms with E-state index in [2.05, 4.69) is 11.8 Å². The van der Waals surface area contributed by atoms with Crippen LogP contribution < -0.4 is 5.73 Å². The summed E-state index contributed by atoms with van der Waals surface area (Å²) in [5.74, 6) is 1.03. The van der Waals surface area contributed by atoms with Crippen LogP contribution in [0.4, 0.5) is 5.69 Å². The van der Waals surface area contributed by atoms with Gasteiger partial charge >= 0.3 is 0 Å². The van der Waals surface area contributed by atoms with Crippen LogP contribution in [0.25, 0.3) is 0 Å². The van der Waals surface area contributed by atoms with Crippen LogP contribution in [0.15, 0.2) is 24.3 Å². The molecule has 0 aromatic heterocycles. The minimum atomic E-state index is 0.128. The van der Waals surface area contributed by atoms with Gasteiger partial charge in [-0.15, -0.1) is 0 Å². The van der Waals surface area contributed by atoms with E-state index < -0.39 is 0 Å². The van der Waals surface area contributed by atoms with Gasteiger partial charge in [0, 0.05) is 43.5 Å². The monoisotopic (exact) mass is 273 g/mol. The number of nitrogens with two attached hydrogens (primary N) is 1. The maximum absolute atomic E-state index is 12.4. The summed E-state index contributed by atoms with van der Waals surface area (Å²) >= 11 is 0. The Labute approximate surface area is 120 Å². The van der Waals surface area contributed by atoms with E-state index in [0.717, 1.165) is 37.7 Å². The number of nitrogens with zero attached hydrogens (tertiary/aromatic N) is 2. The maximum atomic E-state index is 12.4. The second-order valence-electron chi connectivity index (χ2n) is 6.03. The first-order valence-corrected chi connectivity index (χ1v) is 7.54. The second-order valence-corrected chi connectivity index (χ2v) is 6.03. The van der Waals surface area contributed by atoms with Gasteiger partial charge in [0.1, 0.15) is 0 Å². The molecule has 1 aromatic rings. The lowest BCUT2D eigenvalue weighted by atomic mass is 10.1. The summed E-state index contributed by atoms with van der Waals surface area (Å²) in [6, 6.07) is 7.90. The van der Waals surface area contributed by atoms with E-state index in [1.807, 2.05) is 17.0 Å². The average molecular weight is 273 g/mol. The molecule has 0 spiro atoms. The van der Waals surface area contributed by atoms with Crippen molar-refractivity contribution in [1.82, 2.24) is 9.80 Å². The van der Waals surface area contributed by atoms with Gasteiger partial charge in [0.15, 0.2) is 0 Å². The highest BCUT2D eigenvalue weighted by atomic mass is 16.2. The summed E-state index contributed by atoms with van der Waals surface area (Å²) in [6.07, 6.45) is 2.76. The molecule has 1 aliphatic heterocycles. The van der Waals surface area contributed by atoms with Crippen molar-refractivity contribution in [3.63, 3.8) is 0 Å². The zero-order valence-corrected chi connectivity index (χ0v) is 12.1. The summed E-state index contributed by atoms with van der Waals surface area (Å²) in [5, 5.41) is 0. The number of carbonyl (C=O) groups is 1. The second kappa shape index (κ2) is 5.44. The van der Waals surface area contributed by atoms with E-state index in [9.17, 15) is 4.79 Å². The smallest absolute Gasteiger partial charge is 0.253 e. The molecule has 2 N–H and O–H groups in total. The molecule has 1 atom stereocenters. The van der Waals surface area contributed by atoms with E-state index in [1.54, 1.807) is 12.1 Å². The van der Waals surface area contributed by atoms with Crippen molar-refractivity contribution in [2.75, 3.05) is 31.9 Å². The maximum Gasteiger partial charge on any atom is 0.253 e. The van der Waals surface area contributed by atoms with Gasteiger partial charge in [-0.05, 0) is 49.9 Å². The van der Waals surface area contributed by atoms with Gasteiger partial charge in [-0.1, -0.05) is 0 Å². The molecule has 1 saturated carbocycles. The Morgan fingerprint density at radius 2 is 1.75 bits per heavy atom. The van der Waals surface area contributed by atoms with Crippen molar-refractivity contribution in [2.24, 2.45) is 5.92 Å². The van der Waals surface area contributed by atoms with Crippen molar-refractivity contribution >= 4 is 11.6 Å². The molecule has 108 valence electrons. The average Bonchev–Trinajstić information content (AvgIpc) is 3.31. The molecule has 2 fully saturated rings. The van der Waals surface area contributed by atoms with Gasteiger partial charge in [-0.3, -0.25) is 9.69 Å². The Hall–Kier alpha value is -1.55. The molecule has 3 rings (SSSR count). The van der Waals surface area contributed by atoms with Crippen molar-refractivity contribution in [3.8, 4) is 0 Å².